The Kier molecular flexibility index (Phi) is 3.97. The van der Waals surface area contributed by atoms with Crippen LogP contribution in [0, 0.1) is 11.7 Å². The number of carbonyl (C=O) groups excluding carboxylic acids is 1. The number of nitrogens with one attached hydrogen (secondary N) is 1. The van der Waals surface area contributed by atoms with Crippen molar-refractivity contribution in [3.63, 3.8) is 0 Å². The molecule has 1 fully saturated rings. The Bertz CT molecular complexity index is 436. The van der Waals surface area contributed by atoms with Gasteiger partial charge in [-0.05, 0) is 30.9 Å². The Morgan fingerprint density at radius 3 is 2.94 bits per heavy atom. The summed E-state index contributed by atoms with van der Waals surface area (Å²) < 4.78 is 18.5. The molecule has 0 saturated heterocycles. The van der Waals surface area contributed by atoms with Crippen molar-refractivity contribution in [1.29, 1.82) is 0 Å². The number of amides is 1. The van der Waals surface area contributed by atoms with Crippen LogP contribution in [0.25, 0.3) is 0 Å². The molecule has 1 N–H and O–H groups in total. The van der Waals surface area contributed by atoms with Crippen LogP contribution in [0.5, 0.6) is 0 Å². The molecule has 4 heteroatoms. The van der Waals surface area contributed by atoms with E-state index in [2.05, 4.69) is 5.32 Å². The minimum atomic E-state index is -0.220. The van der Waals surface area contributed by atoms with Crippen LogP contribution >= 0.6 is 0 Å². The largest absolute Gasteiger partial charge is 0.383 e. The predicted octanol–water partition coefficient (Wildman–Crippen LogP) is 2.08. The Labute approximate surface area is 106 Å². The number of rotatable bonds is 5. The van der Waals surface area contributed by atoms with Crippen molar-refractivity contribution in [3.8, 4) is 0 Å². The molecule has 0 radical (unpaired) electrons. The highest BCUT2D eigenvalue weighted by molar-refractivity contribution is 5.83. The lowest BCUT2D eigenvalue weighted by molar-refractivity contribution is -0.123. The minimum Gasteiger partial charge on any atom is -0.383 e. The molecule has 0 heterocycles. The smallest absolute Gasteiger partial charge is 0.224 e. The van der Waals surface area contributed by atoms with E-state index in [9.17, 15) is 9.18 Å². The summed E-state index contributed by atoms with van der Waals surface area (Å²) in [6.07, 6.45) is 0.729. The molecule has 3 unspecified atom stereocenters. The Hall–Kier alpha value is -1.42. The minimum absolute atomic E-state index is 0.00666. The van der Waals surface area contributed by atoms with Gasteiger partial charge in [0.15, 0.2) is 0 Å². The van der Waals surface area contributed by atoms with Crippen molar-refractivity contribution in [2.24, 2.45) is 5.92 Å². The maximum atomic E-state index is 13.5. The van der Waals surface area contributed by atoms with E-state index in [1.165, 1.54) is 6.07 Å². The summed E-state index contributed by atoms with van der Waals surface area (Å²) in [6.45, 7) is 2.38. The average Bonchev–Trinajstić information content (AvgIpc) is 3.10. The lowest BCUT2D eigenvalue weighted by Gasteiger charge is -2.12. The summed E-state index contributed by atoms with van der Waals surface area (Å²) >= 11 is 0. The summed E-state index contributed by atoms with van der Waals surface area (Å²) in [5, 5.41) is 2.88. The predicted molar refractivity (Wildman–Crippen MR) is 66.7 cm³/mol. The van der Waals surface area contributed by atoms with Crippen LogP contribution in [0.3, 0.4) is 0 Å². The van der Waals surface area contributed by atoms with Gasteiger partial charge in [0.2, 0.25) is 5.91 Å². The molecular weight excluding hydrogens is 233 g/mol. The van der Waals surface area contributed by atoms with Gasteiger partial charge in [0, 0.05) is 19.1 Å². The fourth-order valence-corrected chi connectivity index (χ4v) is 2.25. The van der Waals surface area contributed by atoms with Gasteiger partial charge in [0.1, 0.15) is 5.82 Å². The van der Waals surface area contributed by atoms with Crippen molar-refractivity contribution >= 4 is 5.91 Å². The first-order chi connectivity index (χ1) is 8.63. The summed E-state index contributed by atoms with van der Waals surface area (Å²) in [6, 6.07) is 6.66. The summed E-state index contributed by atoms with van der Waals surface area (Å²) in [5.41, 5.74) is 0.650. The van der Waals surface area contributed by atoms with Crippen LogP contribution in [0.15, 0.2) is 24.3 Å². The molecule has 98 valence electrons. The molecule has 3 nitrogen and oxygen atoms in total. The van der Waals surface area contributed by atoms with E-state index in [0.29, 0.717) is 12.2 Å². The summed E-state index contributed by atoms with van der Waals surface area (Å²) in [4.78, 5) is 11.9. The zero-order chi connectivity index (χ0) is 13.1. The van der Waals surface area contributed by atoms with Crippen molar-refractivity contribution in [2.45, 2.75) is 25.3 Å². The number of hydrogen-bond donors (Lipinski definition) is 1. The molecular formula is C14H18FNO2. The molecule has 18 heavy (non-hydrogen) atoms. The SMILES string of the molecule is COCC(C)NC(=O)C1CC1c1ccccc1F. The molecule has 1 aromatic rings. The van der Waals surface area contributed by atoms with Crippen LogP contribution in [-0.2, 0) is 9.53 Å². The van der Waals surface area contributed by atoms with Crippen LogP contribution in [-0.4, -0.2) is 25.7 Å². The standard InChI is InChI=1S/C14H18FNO2/c1-9(8-18-2)16-14(17)12-7-11(12)10-5-3-4-6-13(10)15/h3-6,9,11-12H,7-8H2,1-2H3,(H,16,17). The van der Waals surface area contributed by atoms with Crippen LogP contribution in [0.4, 0.5) is 4.39 Å². The van der Waals surface area contributed by atoms with Crippen molar-refractivity contribution < 1.29 is 13.9 Å². The lowest BCUT2D eigenvalue weighted by Crippen LogP contribution is -2.36. The number of benzene rings is 1. The van der Waals surface area contributed by atoms with Gasteiger partial charge in [-0.25, -0.2) is 4.39 Å². The fraction of sp³-hybridized carbons (Fsp3) is 0.500. The number of methoxy groups -OCH3 is 1. The second-order valence-corrected chi connectivity index (χ2v) is 4.84. The quantitative estimate of drug-likeness (QED) is 0.870. The molecule has 1 aromatic carbocycles. The third-order valence-electron chi connectivity index (χ3n) is 3.24. The van der Waals surface area contributed by atoms with Gasteiger partial charge in [0.05, 0.1) is 6.61 Å². The van der Waals surface area contributed by atoms with Crippen molar-refractivity contribution in [1.82, 2.24) is 5.32 Å². The van der Waals surface area contributed by atoms with E-state index < -0.39 is 0 Å². The molecule has 0 aliphatic heterocycles. The highest BCUT2D eigenvalue weighted by Crippen LogP contribution is 2.48. The molecule has 0 spiro atoms. The van der Waals surface area contributed by atoms with E-state index in [1.54, 1.807) is 25.3 Å². The van der Waals surface area contributed by atoms with Crippen LogP contribution in [0.1, 0.15) is 24.8 Å². The van der Waals surface area contributed by atoms with Gasteiger partial charge in [-0.1, -0.05) is 18.2 Å². The van der Waals surface area contributed by atoms with Crippen molar-refractivity contribution in [2.75, 3.05) is 13.7 Å². The highest BCUT2D eigenvalue weighted by Gasteiger charge is 2.45. The first-order valence-corrected chi connectivity index (χ1v) is 6.17. The molecule has 1 aliphatic carbocycles. The highest BCUT2D eigenvalue weighted by atomic mass is 19.1. The van der Waals surface area contributed by atoms with E-state index in [0.717, 1.165) is 6.42 Å². The van der Waals surface area contributed by atoms with Gasteiger partial charge >= 0.3 is 0 Å². The first-order valence-electron chi connectivity index (χ1n) is 6.17. The molecule has 0 bridgehead atoms. The molecule has 0 aromatic heterocycles. The van der Waals surface area contributed by atoms with Gasteiger partial charge in [-0.2, -0.15) is 0 Å². The first kappa shape index (κ1) is 13.0. The van der Waals surface area contributed by atoms with E-state index >= 15 is 0 Å². The molecule has 1 amide bonds. The summed E-state index contributed by atoms with van der Waals surface area (Å²) in [7, 11) is 1.60. The monoisotopic (exact) mass is 251 g/mol. The Morgan fingerprint density at radius 2 is 2.28 bits per heavy atom. The molecule has 1 aliphatic rings. The molecule has 1 saturated carbocycles. The lowest BCUT2D eigenvalue weighted by atomic mass is 10.1. The zero-order valence-electron chi connectivity index (χ0n) is 10.7. The second kappa shape index (κ2) is 5.48. The number of halogens is 1. The topological polar surface area (TPSA) is 38.3 Å². The van der Waals surface area contributed by atoms with Crippen LogP contribution < -0.4 is 5.32 Å². The van der Waals surface area contributed by atoms with E-state index in [1.807, 2.05) is 6.92 Å². The normalized spacial score (nSPS) is 23.5. The molecule has 2 rings (SSSR count). The van der Waals surface area contributed by atoms with Gasteiger partial charge in [0.25, 0.3) is 0 Å². The fourth-order valence-electron chi connectivity index (χ4n) is 2.25. The third kappa shape index (κ3) is 2.88. The maximum absolute atomic E-state index is 13.5. The zero-order valence-corrected chi connectivity index (χ0v) is 10.7. The van der Waals surface area contributed by atoms with E-state index in [-0.39, 0.29) is 29.6 Å². The maximum Gasteiger partial charge on any atom is 0.224 e. The van der Waals surface area contributed by atoms with Gasteiger partial charge in [-0.3, -0.25) is 4.79 Å². The Balaban J connectivity index is 1.91. The van der Waals surface area contributed by atoms with Gasteiger partial charge in [-0.15, -0.1) is 0 Å². The Morgan fingerprint density at radius 1 is 1.56 bits per heavy atom. The number of carbonyl (C=O) groups is 1. The van der Waals surface area contributed by atoms with Crippen molar-refractivity contribution in [3.05, 3.63) is 35.6 Å². The average molecular weight is 251 g/mol. The summed E-state index contributed by atoms with van der Waals surface area (Å²) in [5.74, 6) is -0.294. The number of hydrogen-bond acceptors (Lipinski definition) is 2. The molecule has 3 atom stereocenters. The van der Waals surface area contributed by atoms with Crippen LogP contribution in [0.2, 0.25) is 0 Å². The number of ether oxygens (including phenoxy) is 1. The van der Waals surface area contributed by atoms with Gasteiger partial charge < -0.3 is 10.1 Å². The third-order valence-corrected chi connectivity index (χ3v) is 3.24. The van der Waals surface area contributed by atoms with E-state index in [4.69, 9.17) is 4.74 Å². The second-order valence-electron chi connectivity index (χ2n) is 4.84.